The Morgan fingerprint density at radius 1 is 1.15 bits per heavy atom. The number of hydrogen-bond acceptors (Lipinski definition) is 2. The van der Waals surface area contributed by atoms with Crippen molar-refractivity contribution in [3.05, 3.63) is 58.9 Å². The van der Waals surface area contributed by atoms with Crippen LogP contribution in [-0.4, -0.2) is 6.54 Å². The molecule has 2 nitrogen and oxygen atoms in total. The molecule has 20 heavy (non-hydrogen) atoms. The van der Waals surface area contributed by atoms with Crippen LogP contribution in [0.4, 0.5) is 4.39 Å². The molecular formula is C16H17ClFNO. The van der Waals surface area contributed by atoms with Gasteiger partial charge < -0.3 is 10.1 Å². The Balaban J connectivity index is 2.15. The molecule has 0 aromatic heterocycles. The van der Waals surface area contributed by atoms with Gasteiger partial charge in [-0.25, -0.2) is 4.39 Å². The van der Waals surface area contributed by atoms with E-state index in [2.05, 4.69) is 12.2 Å². The maximum Gasteiger partial charge on any atom is 0.132 e. The highest BCUT2D eigenvalue weighted by molar-refractivity contribution is 6.30. The van der Waals surface area contributed by atoms with Gasteiger partial charge >= 0.3 is 0 Å². The predicted octanol–water partition coefficient (Wildman–Crippen LogP) is 4.77. The molecule has 0 spiro atoms. The van der Waals surface area contributed by atoms with Crippen molar-refractivity contribution in [1.82, 2.24) is 5.32 Å². The Bertz CT molecular complexity index is 557. The average Bonchev–Trinajstić information content (AvgIpc) is 2.44. The molecule has 0 fully saturated rings. The zero-order valence-corrected chi connectivity index (χ0v) is 12.1. The summed E-state index contributed by atoms with van der Waals surface area (Å²) in [4.78, 5) is 0. The van der Waals surface area contributed by atoms with Crippen LogP contribution in [0.2, 0.25) is 5.02 Å². The third-order valence-electron chi connectivity index (χ3n) is 2.81. The van der Waals surface area contributed by atoms with E-state index in [4.69, 9.17) is 16.3 Å². The molecule has 0 heterocycles. The molecule has 2 aromatic rings. The molecule has 2 rings (SSSR count). The van der Waals surface area contributed by atoms with Gasteiger partial charge in [-0.2, -0.15) is 0 Å². The third kappa shape index (κ3) is 4.22. The first-order chi connectivity index (χ1) is 9.69. The zero-order chi connectivity index (χ0) is 14.4. The van der Waals surface area contributed by atoms with Gasteiger partial charge in [0, 0.05) is 17.1 Å². The summed E-state index contributed by atoms with van der Waals surface area (Å²) in [5.74, 6) is 1.05. The average molecular weight is 294 g/mol. The zero-order valence-electron chi connectivity index (χ0n) is 11.3. The van der Waals surface area contributed by atoms with Crippen molar-refractivity contribution in [2.24, 2.45) is 0 Å². The van der Waals surface area contributed by atoms with Crippen LogP contribution in [0.25, 0.3) is 0 Å². The monoisotopic (exact) mass is 293 g/mol. The van der Waals surface area contributed by atoms with Gasteiger partial charge in [-0.15, -0.1) is 0 Å². The molecule has 1 N–H and O–H groups in total. The molecule has 0 aliphatic heterocycles. The molecule has 0 radical (unpaired) electrons. The van der Waals surface area contributed by atoms with Gasteiger partial charge in [0.2, 0.25) is 0 Å². The summed E-state index contributed by atoms with van der Waals surface area (Å²) in [5, 5.41) is 3.99. The van der Waals surface area contributed by atoms with E-state index >= 15 is 0 Å². The minimum absolute atomic E-state index is 0.279. The second-order valence-electron chi connectivity index (χ2n) is 4.48. The summed E-state index contributed by atoms with van der Waals surface area (Å²) in [7, 11) is 0. The van der Waals surface area contributed by atoms with Crippen molar-refractivity contribution < 1.29 is 9.13 Å². The van der Waals surface area contributed by atoms with E-state index < -0.39 is 0 Å². The summed E-state index contributed by atoms with van der Waals surface area (Å²) in [5.41, 5.74) is 0.982. The number of ether oxygens (including phenoxy) is 1. The Morgan fingerprint density at radius 3 is 2.60 bits per heavy atom. The summed E-state index contributed by atoms with van der Waals surface area (Å²) in [6.45, 7) is 3.73. The number of rotatable bonds is 6. The molecule has 0 unspecified atom stereocenters. The van der Waals surface area contributed by atoms with Crippen molar-refractivity contribution in [3.63, 3.8) is 0 Å². The lowest BCUT2D eigenvalue weighted by Crippen LogP contribution is -2.14. The van der Waals surface area contributed by atoms with E-state index in [-0.39, 0.29) is 5.82 Å². The number of hydrogen-bond donors (Lipinski definition) is 1. The SMILES string of the molecule is CCCNCc1cc(Cl)ccc1Oc1ccc(F)cc1. The van der Waals surface area contributed by atoms with E-state index in [1.54, 1.807) is 18.2 Å². The number of benzene rings is 2. The molecule has 0 atom stereocenters. The van der Waals surface area contributed by atoms with Gasteiger partial charge in [0.1, 0.15) is 17.3 Å². The Labute approximate surface area is 123 Å². The topological polar surface area (TPSA) is 21.3 Å². The first-order valence-corrected chi connectivity index (χ1v) is 6.99. The first-order valence-electron chi connectivity index (χ1n) is 6.61. The van der Waals surface area contributed by atoms with Crippen molar-refractivity contribution in [3.8, 4) is 11.5 Å². The third-order valence-corrected chi connectivity index (χ3v) is 3.04. The largest absolute Gasteiger partial charge is 0.457 e. The number of nitrogens with one attached hydrogen (secondary N) is 1. The first kappa shape index (κ1) is 14.8. The highest BCUT2D eigenvalue weighted by atomic mass is 35.5. The van der Waals surface area contributed by atoms with E-state index in [1.165, 1.54) is 12.1 Å². The van der Waals surface area contributed by atoms with E-state index in [0.29, 0.717) is 17.3 Å². The maximum absolute atomic E-state index is 12.9. The van der Waals surface area contributed by atoms with Crippen molar-refractivity contribution in [2.75, 3.05) is 6.54 Å². The lowest BCUT2D eigenvalue weighted by Gasteiger charge is -2.12. The molecule has 2 aromatic carbocycles. The molecule has 4 heteroatoms. The summed E-state index contributed by atoms with van der Waals surface area (Å²) in [6.07, 6.45) is 1.06. The van der Waals surface area contributed by atoms with Crippen LogP contribution >= 0.6 is 11.6 Å². The van der Waals surface area contributed by atoms with Gasteiger partial charge in [-0.1, -0.05) is 18.5 Å². The minimum atomic E-state index is -0.279. The maximum atomic E-state index is 12.9. The highest BCUT2D eigenvalue weighted by Gasteiger charge is 2.06. The Hall–Kier alpha value is -1.58. The van der Waals surface area contributed by atoms with Crippen LogP contribution in [0.5, 0.6) is 11.5 Å². The standard InChI is InChI=1S/C16H17ClFNO/c1-2-9-19-11-12-10-13(17)3-8-16(12)20-15-6-4-14(18)5-7-15/h3-8,10,19H,2,9,11H2,1H3. The summed E-state index contributed by atoms with van der Waals surface area (Å²) >= 11 is 6.02. The van der Waals surface area contributed by atoms with Gasteiger partial charge in [0.25, 0.3) is 0 Å². The fraction of sp³-hybridized carbons (Fsp3) is 0.250. The Kier molecular flexibility index (Phi) is 5.39. The second-order valence-corrected chi connectivity index (χ2v) is 4.92. The molecule has 0 bridgehead atoms. The fourth-order valence-corrected chi connectivity index (χ4v) is 2.01. The lowest BCUT2D eigenvalue weighted by atomic mass is 10.2. The van der Waals surface area contributed by atoms with E-state index in [9.17, 15) is 4.39 Å². The lowest BCUT2D eigenvalue weighted by molar-refractivity contribution is 0.471. The molecule has 0 aliphatic rings. The molecule has 0 saturated heterocycles. The van der Waals surface area contributed by atoms with Crippen molar-refractivity contribution in [2.45, 2.75) is 19.9 Å². The summed E-state index contributed by atoms with van der Waals surface area (Å²) in [6, 6.07) is 11.4. The van der Waals surface area contributed by atoms with E-state index in [0.717, 1.165) is 24.3 Å². The highest BCUT2D eigenvalue weighted by Crippen LogP contribution is 2.28. The van der Waals surface area contributed by atoms with Crippen LogP contribution in [-0.2, 0) is 6.54 Å². The van der Waals surface area contributed by atoms with Crippen LogP contribution in [0.15, 0.2) is 42.5 Å². The molecule has 0 amide bonds. The van der Waals surface area contributed by atoms with Crippen molar-refractivity contribution in [1.29, 1.82) is 0 Å². The normalized spacial score (nSPS) is 10.6. The predicted molar refractivity (Wildman–Crippen MR) is 79.9 cm³/mol. The van der Waals surface area contributed by atoms with Gasteiger partial charge in [0.05, 0.1) is 0 Å². The van der Waals surface area contributed by atoms with Crippen LogP contribution in [0.3, 0.4) is 0 Å². The molecule has 106 valence electrons. The molecule has 0 aliphatic carbocycles. The van der Waals surface area contributed by atoms with Gasteiger partial charge in [-0.05, 0) is 55.4 Å². The van der Waals surface area contributed by atoms with Crippen LogP contribution < -0.4 is 10.1 Å². The van der Waals surface area contributed by atoms with Crippen LogP contribution in [0, 0.1) is 5.82 Å². The van der Waals surface area contributed by atoms with Crippen LogP contribution in [0.1, 0.15) is 18.9 Å². The minimum Gasteiger partial charge on any atom is -0.457 e. The molecule has 0 saturated carbocycles. The fourth-order valence-electron chi connectivity index (χ4n) is 1.82. The number of halogens is 2. The summed E-state index contributed by atoms with van der Waals surface area (Å²) < 4.78 is 18.7. The van der Waals surface area contributed by atoms with Gasteiger partial charge in [-0.3, -0.25) is 0 Å². The quantitative estimate of drug-likeness (QED) is 0.775. The second kappa shape index (κ2) is 7.27. The Morgan fingerprint density at radius 2 is 1.90 bits per heavy atom. The van der Waals surface area contributed by atoms with E-state index in [1.807, 2.05) is 12.1 Å². The smallest absolute Gasteiger partial charge is 0.132 e. The molecular weight excluding hydrogens is 277 g/mol. The van der Waals surface area contributed by atoms with Crippen molar-refractivity contribution >= 4 is 11.6 Å². The van der Waals surface area contributed by atoms with Gasteiger partial charge in [0.15, 0.2) is 0 Å².